The number of halogens is 1. The second kappa shape index (κ2) is 10.6. The number of ether oxygens (including phenoxy) is 2. The number of hydrogen-bond donors (Lipinski definition) is 2. The van der Waals surface area contributed by atoms with Gasteiger partial charge >= 0.3 is 0 Å². The number of unbranched alkanes of at least 4 members (excludes halogenated alkanes) is 1. The van der Waals surface area contributed by atoms with Crippen molar-refractivity contribution < 1.29 is 19.1 Å². The van der Waals surface area contributed by atoms with Crippen LogP contribution in [0.3, 0.4) is 0 Å². The fourth-order valence-corrected chi connectivity index (χ4v) is 2.74. The molecule has 0 saturated heterocycles. The maximum atomic E-state index is 12.6. The van der Waals surface area contributed by atoms with E-state index in [9.17, 15) is 9.59 Å². The molecule has 0 unspecified atom stereocenters. The zero-order valence-electron chi connectivity index (χ0n) is 16.3. The Kier molecular flexibility index (Phi) is 8.14. The molecule has 6 nitrogen and oxygen atoms in total. The lowest BCUT2D eigenvalue weighted by molar-refractivity contribution is 0.0962. The molecule has 2 N–H and O–H groups in total. The Labute approximate surface area is 170 Å². The van der Waals surface area contributed by atoms with Crippen LogP contribution < -0.4 is 20.1 Å². The van der Waals surface area contributed by atoms with Crippen molar-refractivity contribution in [3.8, 4) is 11.5 Å². The summed E-state index contributed by atoms with van der Waals surface area (Å²) in [6.07, 6.45) is 1.90. The number of anilines is 1. The van der Waals surface area contributed by atoms with Gasteiger partial charge in [-0.1, -0.05) is 24.9 Å². The zero-order valence-corrected chi connectivity index (χ0v) is 17.1. The minimum Gasteiger partial charge on any atom is -0.490 e. The van der Waals surface area contributed by atoms with Crippen LogP contribution in [-0.2, 0) is 0 Å². The Morgan fingerprint density at radius 3 is 2.32 bits per heavy atom. The number of carbonyl (C=O) groups is 2. The molecule has 150 valence electrons. The van der Waals surface area contributed by atoms with Gasteiger partial charge in [-0.05, 0) is 49.7 Å². The molecule has 0 aliphatic carbocycles. The Bertz CT molecular complexity index is 822. The van der Waals surface area contributed by atoms with Gasteiger partial charge in [0.25, 0.3) is 11.8 Å². The van der Waals surface area contributed by atoms with Crippen molar-refractivity contribution in [1.29, 1.82) is 0 Å². The van der Waals surface area contributed by atoms with Crippen LogP contribution >= 0.6 is 11.6 Å². The zero-order chi connectivity index (χ0) is 20.5. The normalized spacial score (nSPS) is 10.3. The Balaban J connectivity index is 2.19. The first-order valence-electron chi connectivity index (χ1n) is 9.22. The number of hydrogen-bond acceptors (Lipinski definition) is 4. The summed E-state index contributed by atoms with van der Waals surface area (Å²) in [6, 6.07) is 9.77. The fraction of sp³-hybridized carbons (Fsp3) is 0.333. The average molecular weight is 405 g/mol. The van der Waals surface area contributed by atoms with Crippen molar-refractivity contribution in [2.45, 2.75) is 26.7 Å². The monoisotopic (exact) mass is 404 g/mol. The Morgan fingerprint density at radius 1 is 1.00 bits per heavy atom. The topological polar surface area (TPSA) is 76.7 Å². The van der Waals surface area contributed by atoms with Crippen molar-refractivity contribution in [2.75, 3.05) is 25.6 Å². The molecule has 0 radical (unpaired) electrons. The lowest BCUT2D eigenvalue weighted by atomic mass is 10.1. The second-order valence-electron chi connectivity index (χ2n) is 6.03. The van der Waals surface area contributed by atoms with Gasteiger partial charge in [-0.2, -0.15) is 0 Å². The lowest BCUT2D eigenvalue weighted by Crippen LogP contribution is -2.18. The average Bonchev–Trinajstić information content (AvgIpc) is 2.70. The van der Waals surface area contributed by atoms with Crippen LogP contribution in [-0.4, -0.2) is 32.1 Å². The van der Waals surface area contributed by atoms with E-state index in [0.717, 1.165) is 12.8 Å². The second-order valence-corrected chi connectivity index (χ2v) is 6.44. The molecule has 7 heteroatoms. The molecule has 0 aliphatic heterocycles. The predicted octanol–water partition coefficient (Wildman–Crippen LogP) is 4.53. The first kappa shape index (κ1) is 21.6. The van der Waals surface area contributed by atoms with E-state index in [0.29, 0.717) is 46.5 Å². The third-order valence-corrected chi connectivity index (χ3v) is 4.23. The lowest BCUT2D eigenvalue weighted by Gasteiger charge is -2.15. The van der Waals surface area contributed by atoms with Gasteiger partial charge in [0, 0.05) is 23.9 Å². The van der Waals surface area contributed by atoms with Crippen molar-refractivity contribution in [1.82, 2.24) is 5.32 Å². The van der Waals surface area contributed by atoms with Crippen LogP contribution in [0.5, 0.6) is 11.5 Å². The van der Waals surface area contributed by atoms with Gasteiger partial charge < -0.3 is 20.1 Å². The summed E-state index contributed by atoms with van der Waals surface area (Å²) >= 11 is 6.34. The van der Waals surface area contributed by atoms with Gasteiger partial charge in [0.05, 0.1) is 18.2 Å². The van der Waals surface area contributed by atoms with E-state index in [4.69, 9.17) is 21.1 Å². The van der Waals surface area contributed by atoms with E-state index in [1.54, 1.807) is 43.4 Å². The van der Waals surface area contributed by atoms with Crippen LogP contribution in [0.4, 0.5) is 5.69 Å². The van der Waals surface area contributed by atoms with Gasteiger partial charge in [-0.25, -0.2) is 0 Å². The highest BCUT2D eigenvalue weighted by Crippen LogP contribution is 2.37. The molecule has 2 aromatic carbocycles. The largest absolute Gasteiger partial charge is 0.490 e. The molecule has 2 amide bonds. The third kappa shape index (κ3) is 5.63. The van der Waals surface area contributed by atoms with Crippen LogP contribution in [0.25, 0.3) is 0 Å². The van der Waals surface area contributed by atoms with Gasteiger partial charge in [-0.3, -0.25) is 9.59 Å². The van der Waals surface area contributed by atoms with Crippen molar-refractivity contribution in [3.63, 3.8) is 0 Å². The van der Waals surface area contributed by atoms with Crippen LogP contribution in [0, 0.1) is 0 Å². The molecule has 28 heavy (non-hydrogen) atoms. The molecule has 0 aliphatic rings. The Hall–Kier alpha value is -2.73. The minimum atomic E-state index is -0.337. The van der Waals surface area contributed by atoms with Gasteiger partial charge in [0.1, 0.15) is 0 Å². The summed E-state index contributed by atoms with van der Waals surface area (Å²) in [4.78, 5) is 24.2. The Morgan fingerprint density at radius 2 is 1.71 bits per heavy atom. The third-order valence-electron chi connectivity index (χ3n) is 3.95. The van der Waals surface area contributed by atoms with E-state index in [2.05, 4.69) is 17.6 Å². The number of rotatable bonds is 9. The molecular weight excluding hydrogens is 380 g/mol. The summed E-state index contributed by atoms with van der Waals surface area (Å²) in [5.74, 6) is 0.356. The summed E-state index contributed by atoms with van der Waals surface area (Å²) in [6.45, 7) is 4.87. The van der Waals surface area contributed by atoms with E-state index in [-0.39, 0.29) is 11.8 Å². The van der Waals surface area contributed by atoms with Crippen molar-refractivity contribution >= 4 is 29.1 Å². The summed E-state index contributed by atoms with van der Waals surface area (Å²) in [5.41, 5.74) is 1.43. The highest BCUT2D eigenvalue weighted by molar-refractivity contribution is 6.32. The molecule has 0 spiro atoms. The molecule has 0 atom stereocenters. The van der Waals surface area contributed by atoms with Crippen molar-refractivity contribution in [2.24, 2.45) is 0 Å². The minimum absolute atomic E-state index is 0.190. The number of nitrogens with one attached hydrogen (secondary N) is 2. The smallest absolute Gasteiger partial charge is 0.255 e. The van der Waals surface area contributed by atoms with E-state index >= 15 is 0 Å². The highest BCUT2D eigenvalue weighted by atomic mass is 35.5. The molecule has 2 rings (SSSR count). The van der Waals surface area contributed by atoms with E-state index < -0.39 is 0 Å². The van der Waals surface area contributed by atoms with Crippen LogP contribution in [0.1, 0.15) is 47.4 Å². The summed E-state index contributed by atoms with van der Waals surface area (Å²) in [5, 5.41) is 5.65. The standard InChI is InChI=1S/C21H25ClN2O4/c1-4-6-11-28-19-17(22)12-15(13-18(19)27-5-2)21(26)24-16-9-7-14(8-10-16)20(25)23-3/h7-10,12-13H,4-6,11H2,1-3H3,(H,23,25)(H,24,26). The SMILES string of the molecule is CCCCOc1c(Cl)cc(C(=O)Nc2ccc(C(=O)NC)cc2)cc1OCC. The summed E-state index contributed by atoms with van der Waals surface area (Å²) < 4.78 is 11.3. The molecule has 0 bridgehead atoms. The maximum Gasteiger partial charge on any atom is 0.255 e. The molecule has 0 heterocycles. The van der Waals surface area contributed by atoms with E-state index in [1.807, 2.05) is 6.92 Å². The predicted molar refractivity (Wildman–Crippen MR) is 111 cm³/mol. The van der Waals surface area contributed by atoms with Crippen molar-refractivity contribution in [3.05, 3.63) is 52.5 Å². The quantitative estimate of drug-likeness (QED) is 0.602. The first-order valence-corrected chi connectivity index (χ1v) is 9.60. The fourth-order valence-electron chi connectivity index (χ4n) is 2.47. The molecule has 0 fully saturated rings. The molecular formula is C21H25ClN2O4. The van der Waals surface area contributed by atoms with Crippen LogP contribution in [0.15, 0.2) is 36.4 Å². The number of carbonyl (C=O) groups excluding carboxylic acids is 2. The first-order chi connectivity index (χ1) is 13.5. The number of benzene rings is 2. The van der Waals surface area contributed by atoms with Crippen LogP contribution in [0.2, 0.25) is 5.02 Å². The highest BCUT2D eigenvalue weighted by Gasteiger charge is 2.17. The van der Waals surface area contributed by atoms with Gasteiger partial charge in [0.2, 0.25) is 0 Å². The maximum absolute atomic E-state index is 12.6. The number of amides is 2. The summed E-state index contributed by atoms with van der Waals surface area (Å²) in [7, 11) is 1.56. The van der Waals surface area contributed by atoms with Gasteiger partial charge in [0.15, 0.2) is 11.5 Å². The molecule has 0 aromatic heterocycles. The molecule has 0 saturated carbocycles. The van der Waals surface area contributed by atoms with Gasteiger partial charge in [-0.15, -0.1) is 0 Å². The van der Waals surface area contributed by atoms with E-state index in [1.165, 1.54) is 0 Å². The molecule has 2 aromatic rings.